The van der Waals surface area contributed by atoms with Crippen molar-refractivity contribution in [3.05, 3.63) is 30.0 Å². The maximum atomic E-state index is 11.6. The fourth-order valence-corrected chi connectivity index (χ4v) is 2.67. The fourth-order valence-electron chi connectivity index (χ4n) is 1.85. The molecule has 102 valence electrons. The van der Waals surface area contributed by atoms with Crippen LogP contribution >= 0.6 is 0 Å². The number of sulfone groups is 1. The molecular weight excluding hydrogens is 266 g/mol. The number of hydrogen-bond donors (Lipinski definition) is 2. The zero-order valence-electron chi connectivity index (χ0n) is 10.7. The van der Waals surface area contributed by atoms with Crippen molar-refractivity contribution >= 4 is 9.84 Å². The molecule has 2 aromatic rings. The maximum absolute atomic E-state index is 11.6. The summed E-state index contributed by atoms with van der Waals surface area (Å²) in [6.45, 7) is 0.349. The molecule has 0 atom stereocenters. The second-order valence-electron chi connectivity index (χ2n) is 4.11. The predicted octanol–water partition coefficient (Wildman–Crippen LogP) is 0.948. The van der Waals surface area contributed by atoms with Crippen LogP contribution in [0.4, 0.5) is 0 Å². The van der Waals surface area contributed by atoms with E-state index in [4.69, 9.17) is 10.5 Å². The number of nitrogens with two attached hydrogens (primary N) is 1. The number of H-pyrrole nitrogens is 1. The molecule has 0 radical (unpaired) electrons. The van der Waals surface area contributed by atoms with Gasteiger partial charge in [-0.05, 0) is 12.1 Å². The molecule has 0 spiro atoms. The lowest BCUT2D eigenvalue weighted by Gasteiger charge is -2.09. The summed E-state index contributed by atoms with van der Waals surface area (Å²) in [7, 11) is -1.89. The van der Waals surface area contributed by atoms with E-state index < -0.39 is 9.84 Å². The molecule has 2 rings (SSSR count). The molecule has 7 heteroatoms. The minimum absolute atomic E-state index is 0.160. The van der Waals surface area contributed by atoms with E-state index >= 15 is 0 Å². The standard InChI is InChI=1S/C12H15N3O3S/c1-18-10-5-8(3-4-11(10)19(2,16)17)12-9(6-13)7-14-15-12/h3-5,7H,6,13H2,1-2H3,(H,14,15). The lowest BCUT2D eigenvalue weighted by molar-refractivity contribution is 0.403. The zero-order chi connectivity index (χ0) is 14.0. The third kappa shape index (κ3) is 2.61. The molecule has 1 aromatic carbocycles. The Balaban J connectivity index is 2.57. The predicted molar refractivity (Wildman–Crippen MR) is 71.6 cm³/mol. The van der Waals surface area contributed by atoms with Gasteiger partial charge in [0.05, 0.1) is 19.0 Å². The lowest BCUT2D eigenvalue weighted by Crippen LogP contribution is -2.01. The normalized spacial score (nSPS) is 11.5. The first-order valence-corrected chi connectivity index (χ1v) is 7.47. The van der Waals surface area contributed by atoms with E-state index in [9.17, 15) is 8.42 Å². The number of methoxy groups -OCH3 is 1. The van der Waals surface area contributed by atoms with Gasteiger partial charge in [0.15, 0.2) is 9.84 Å². The van der Waals surface area contributed by atoms with Gasteiger partial charge >= 0.3 is 0 Å². The smallest absolute Gasteiger partial charge is 0.179 e. The van der Waals surface area contributed by atoms with Crippen molar-refractivity contribution in [1.29, 1.82) is 0 Å². The Labute approximate surface area is 111 Å². The third-order valence-corrected chi connectivity index (χ3v) is 3.93. The number of benzene rings is 1. The van der Waals surface area contributed by atoms with E-state index in [2.05, 4.69) is 10.2 Å². The van der Waals surface area contributed by atoms with Crippen LogP contribution in [0.1, 0.15) is 5.56 Å². The van der Waals surface area contributed by atoms with Gasteiger partial charge in [0, 0.05) is 23.9 Å². The molecule has 1 aromatic heterocycles. The summed E-state index contributed by atoms with van der Waals surface area (Å²) in [5.41, 5.74) is 8.02. The van der Waals surface area contributed by atoms with Crippen molar-refractivity contribution in [2.45, 2.75) is 11.4 Å². The van der Waals surface area contributed by atoms with Crippen LogP contribution in [0.3, 0.4) is 0 Å². The van der Waals surface area contributed by atoms with Crippen molar-refractivity contribution in [1.82, 2.24) is 10.2 Å². The summed E-state index contributed by atoms with van der Waals surface area (Å²) >= 11 is 0. The van der Waals surface area contributed by atoms with Crippen LogP contribution in [0, 0.1) is 0 Å². The van der Waals surface area contributed by atoms with Gasteiger partial charge in [0.1, 0.15) is 10.6 Å². The van der Waals surface area contributed by atoms with Crippen LogP contribution in [0.5, 0.6) is 5.75 Å². The summed E-state index contributed by atoms with van der Waals surface area (Å²) in [6, 6.07) is 4.87. The van der Waals surface area contributed by atoms with E-state index in [-0.39, 0.29) is 4.90 Å². The lowest BCUT2D eigenvalue weighted by atomic mass is 10.1. The number of aromatic amines is 1. The van der Waals surface area contributed by atoms with Gasteiger partial charge in [-0.15, -0.1) is 0 Å². The number of hydrogen-bond acceptors (Lipinski definition) is 5. The summed E-state index contributed by atoms with van der Waals surface area (Å²) in [5.74, 6) is 0.303. The van der Waals surface area contributed by atoms with E-state index in [1.165, 1.54) is 13.2 Å². The highest BCUT2D eigenvalue weighted by Crippen LogP contribution is 2.30. The van der Waals surface area contributed by atoms with Crippen molar-refractivity contribution in [2.24, 2.45) is 5.73 Å². The topological polar surface area (TPSA) is 98.1 Å². The molecule has 0 bridgehead atoms. The average Bonchev–Trinajstić information content (AvgIpc) is 2.85. The van der Waals surface area contributed by atoms with E-state index in [1.54, 1.807) is 18.3 Å². The van der Waals surface area contributed by atoms with Gasteiger partial charge in [-0.3, -0.25) is 5.10 Å². The highest BCUT2D eigenvalue weighted by atomic mass is 32.2. The first kappa shape index (κ1) is 13.6. The van der Waals surface area contributed by atoms with Gasteiger partial charge in [-0.25, -0.2) is 8.42 Å². The second-order valence-corrected chi connectivity index (χ2v) is 6.10. The molecule has 0 saturated heterocycles. The van der Waals surface area contributed by atoms with Crippen molar-refractivity contribution in [2.75, 3.05) is 13.4 Å². The summed E-state index contributed by atoms with van der Waals surface area (Å²) in [4.78, 5) is 0.160. The monoisotopic (exact) mass is 281 g/mol. The number of aromatic nitrogens is 2. The van der Waals surface area contributed by atoms with Gasteiger partial charge in [-0.2, -0.15) is 5.10 Å². The van der Waals surface area contributed by atoms with Gasteiger partial charge in [0.2, 0.25) is 0 Å². The SMILES string of the molecule is COc1cc(-c2[nH]ncc2CN)ccc1S(C)(=O)=O. The molecule has 0 aliphatic rings. The quantitative estimate of drug-likeness (QED) is 0.869. The minimum Gasteiger partial charge on any atom is -0.495 e. The fraction of sp³-hybridized carbons (Fsp3) is 0.250. The molecular formula is C12H15N3O3S. The first-order chi connectivity index (χ1) is 8.97. The van der Waals surface area contributed by atoms with Crippen molar-refractivity contribution in [3.63, 3.8) is 0 Å². The Morgan fingerprint density at radius 1 is 1.42 bits per heavy atom. The summed E-state index contributed by atoms with van der Waals surface area (Å²) < 4.78 is 28.4. The Hall–Kier alpha value is -1.86. The molecule has 1 heterocycles. The molecule has 0 amide bonds. The highest BCUT2D eigenvalue weighted by Gasteiger charge is 2.16. The molecule has 6 nitrogen and oxygen atoms in total. The van der Waals surface area contributed by atoms with Gasteiger partial charge < -0.3 is 10.5 Å². The Morgan fingerprint density at radius 2 is 2.16 bits per heavy atom. The Kier molecular flexibility index (Phi) is 3.59. The molecule has 0 saturated carbocycles. The summed E-state index contributed by atoms with van der Waals surface area (Å²) in [5, 5.41) is 6.78. The van der Waals surface area contributed by atoms with Gasteiger partial charge in [0.25, 0.3) is 0 Å². The van der Waals surface area contributed by atoms with E-state index in [0.29, 0.717) is 12.3 Å². The Morgan fingerprint density at radius 3 is 2.74 bits per heavy atom. The van der Waals surface area contributed by atoms with Crippen LogP contribution in [-0.4, -0.2) is 32.0 Å². The zero-order valence-corrected chi connectivity index (χ0v) is 11.5. The maximum Gasteiger partial charge on any atom is 0.179 e. The number of ether oxygens (including phenoxy) is 1. The van der Waals surface area contributed by atoms with Gasteiger partial charge in [-0.1, -0.05) is 6.07 Å². The number of rotatable bonds is 4. The second kappa shape index (κ2) is 5.02. The van der Waals surface area contributed by atoms with Crippen LogP contribution in [0.2, 0.25) is 0 Å². The third-order valence-electron chi connectivity index (χ3n) is 2.79. The largest absolute Gasteiger partial charge is 0.495 e. The van der Waals surface area contributed by atoms with Crippen LogP contribution < -0.4 is 10.5 Å². The minimum atomic E-state index is -3.32. The van der Waals surface area contributed by atoms with E-state index in [0.717, 1.165) is 23.1 Å². The summed E-state index contributed by atoms with van der Waals surface area (Å²) in [6.07, 6.45) is 2.79. The van der Waals surface area contributed by atoms with E-state index in [1.807, 2.05) is 0 Å². The number of nitrogens with zero attached hydrogens (tertiary/aromatic N) is 1. The average molecular weight is 281 g/mol. The number of nitrogens with one attached hydrogen (secondary N) is 1. The molecule has 0 aliphatic carbocycles. The van der Waals surface area contributed by atoms with Crippen LogP contribution in [0.15, 0.2) is 29.3 Å². The molecule has 19 heavy (non-hydrogen) atoms. The molecule has 0 fully saturated rings. The van der Waals surface area contributed by atoms with Crippen LogP contribution in [-0.2, 0) is 16.4 Å². The first-order valence-electron chi connectivity index (χ1n) is 5.58. The highest BCUT2D eigenvalue weighted by molar-refractivity contribution is 7.90. The molecule has 3 N–H and O–H groups in total. The van der Waals surface area contributed by atoms with Crippen molar-refractivity contribution in [3.8, 4) is 17.0 Å². The Bertz CT molecular complexity index is 692. The molecule has 0 aliphatic heterocycles. The van der Waals surface area contributed by atoms with Crippen LogP contribution in [0.25, 0.3) is 11.3 Å². The van der Waals surface area contributed by atoms with Crippen molar-refractivity contribution < 1.29 is 13.2 Å². The molecule has 0 unspecified atom stereocenters.